The Bertz CT molecular complexity index is 797. The molecule has 0 spiro atoms. The van der Waals surface area contributed by atoms with Crippen molar-refractivity contribution in [3.05, 3.63) is 74.4 Å². The van der Waals surface area contributed by atoms with Crippen LogP contribution in [0.2, 0.25) is 0 Å². The molecule has 0 aromatic heterocycles. The molecular formula is C17H13BrO4. The molecule has 0 atom stereocenters. The summed E-state index contributed by atoms with van der Waals surface area (Å²) in [6, 6.07) is 11.3. The predicted octanol–water partition coefficient (Wildman–Crippen LogP) is 3.42. The minimum Gasteiger partial charge on any atom is -0.504 e. The molecule has 22 heavy (non-hydrogen) atoms. The lowest BCUT2D eigenvalue weighted by Crippen LogP contribution is -2.01. The van der Waals surface area contributed by atoms with Crippen molar-refractivity contribution in [1.82, 2.24) is 0 Å². The van der Waals surface area contributed by atoms with Crippen molar-refractivity contribution in [2.45, 2.75) is 0 Å². The normalized spacial score (nSPS) is 10.6. The fourth-order valence-electron chi connectivity index (χ4n) is 1.87. The molecule has 0 unspecified atom stereocenters. The van der Waals surface area contributed by atoms with Gasteiger partial charge in [-0.1, -0.05) is 34.1 Å². The minimum atomic E-state index is -0.611. The lowest BCUT2D eigenvalue weighted by molar-refractivity contribution is 0.104. The molecule has 112 valence electrons. The molecule has 1 N–H and O–H groups in total. The lowest BCUT2D eigenvalue weighted by atomic mass is 10.1. The number of methoxy groups -OCH3 is 1. The summed E-state index contributed by atoms with van der Waals surface area (Å²) in [5, 5.41) is 9.84. The predicted molar refractivity (Wildman–Crippen MR) is 88.4 cm³/mol. The minimum absolute atomic E-state index is 0.0620. The van der Waals surface area contributed by atoms with Crippen LogP contribution in [0, 0.1) is 0 Å². The lowest BCUT2D eigenvalue weighted by Gasteiger charge is -2.03. The van der Waals surface area contributed by atoms with E-state index in [0.717, 1.165) is 5.56 Å². The Morgan fingerprint density at radius 2 is 1.95 bits per heavy atom. The van der Waals surface area contributed by atoms with E-state index in [1.807, 2.05) is 12.1 Å². The van der Waals surface area contributed by atoms with Gasteiger partial charge in [0.25, 0.3) is 0 Å². The number of allylic oxidation sites excluding steroid dienone is 1. The monoisotopic (exact) mass is 360 g/mol. The summed E-state index contributed by atoms with van der Waals surface area (Å²) in [7, 11) is 1.54. The Labute approximate surface area is 135 Å². The maximum Gasteiger partial charge on any atom is 0.220 e. The van der Waals surface area contributed by atoms with Gasteiger partial charge in [0, 0.05) is 10.0 Å². The van der Waals surface area contributed by atoms with Crippen molar-refractivity contribution >= 4 is 27.8 Å². The van der Waals surface area contributed by atoms with Gasteiger partial charge >= 0.3 is 0 Å². The zero-order chi connectivity index (χ0) is 16.1. The van der Waals surface area contributed by atoms with E-state index in [4.69, 9.17) is 4.74 Å². The second kappa shape index (κ2) is 7.04. The molecule has 0 bridgehead atoms. The second-order valence-corrected chi connectivity index (χ2v) is 5.34. The number of ketones is 1. The second-order valence-electron chi connectivity index (χ2n) is 4.43. The third-order valence-corrected chi connectivity index (χ3v) is 3.48. The highest BCUT2D eigenvalue weighted by molar-refractivity contribution is 9.10. The van der Waals surface area contributed by atoms with Crippen LogP contribution in [0.15, 0.2) is 57.8 Å². The summed E-state index contributed by atoms with van der Waals surface area (Å²) in [5.41, 5.74) is 0.0484. The Morgan fingerprint density at radius 3 is 2.68 bits per heavy atom. The van der Waals surface area contributed by atoms with Crippen LogP contribution in [0.25, 0.3) is 6.08 Å². The molecule has 0 radical (unpaired) electrons. The van der Waals surface area contributed by atoms with Crippen LogP contribution in [0.4, 0.5) is 0 Å². The zero-order valence-electron chi connectivity index (χ0n) is 11.7. The molecule has 0 aliphatic carbocycles. The van der Waals surface area contributed by atoms with E-state index in [1.165, 1.54) is 24.3 Å². The Balaban J connectivity index is 2.40. The summed E-state index contributed by atoms with van der Waals surface area (Å²) < 4.78 is 5.72. The molecule has 2 aromatic rings. The van der Waals surface area contributed by atoms with Gasteiger partial charge in [-0.05, 0) is 36.4 Å². The van der Waals surface area contributed by atoms with Crippen LogP contribution in [0.3, 0.4) is 0 Å². The fraction of sp³-hybridized carbons (Fsp3) is 0.0588. The maximum atomic E-state index is 12.2. The van der Waals surface area contributed by atoms with Crippen molar-refractivity contribution < 1.29 is 14.6 Å². The van der Waals surface area contributed by atoms with Crippen LogP contribution >= 0.6 is 15.9 Å². The van der Waals surface area contributed by atoms with Gasteiger partial charge in [0.15, 0.2) is 11.5 Å². The number of halogens is 1. The number of hydrogen-bond acceptors (Lipinski definition) is 4. The van der Waals surface area contributed by atoms with E-state index in [2.05, 4.69) is 15.9 Å². The van der Waals surface area contributed by atoms with Gasteiger partial charge in [0.1, 0.15) is 5.75 Å². The number of benzene rings is 1. The number of para-hydroxylation sites is 1. The highest BCUT2D eigenvalue weighted by Crippen LogP contribution is 2.21. The molecule has 5 heteroatoms. The average Bonchev–Trinajstić information content (AvgIpc) is 2.66. The smallest absolute Gasteiger partial charge is 0.220 e. The van der Waals surface area contributed by atoms with Gasteiger partial charge in [-0.25, -0.2) is 0 Å². The first-order valence-corrected chi connectivity index (χ1v) is 7.20. The van der Waals surface area contributed by atoms with E-state index in [-0.39, 0.29) is 5.56 Å². The number of carbonyl (C=O) groups excluding carboxylic acids is 1. The van der Waals surface area contributed by atoms with E-state index in [9.17, 15) is 14.7 Å². The molecule has 0 aliphatic rings. The van der Waals surface area contributed by atoms with Gasteiger partial charge in [-0.2, -0.15) is 0 Å². The van der Waals surface area contributed by atoms with E-state index in [1.54, 1.807) is 25.3 Å². The molecule has 4 nitrogen and oxygen atoms in total. The molecule has 0 amide bonds. The van der Waals surface area contributed by atoms with Gasteiger partial charge in [0.2, 0.25) is 5.43 Å². The van der Waals surface area contributed by atoms with Crippen molar-refractivity contribution in [2.75, 3.05) is 7.11 Å². The van der Waals surface area contributed by atoms with Crippen LogP contribution in [0.5, 0.6) is 11.5 Å². The SMILES string of the molecule is COc1ccccc1C=CC(=O)c1cc(Br)ccc(=O)c1O. The average molecular weight is 361 g/mol. The first kappa shape index (κ1) is 16.0. The van der Waals surface area contributed by atoms with Crippen LogP contribution in [0.1, 0.15) is 15.9 Å². The van der Waals surface area contributed by atoms with Crippen molar-refractivity contribution in [3.63, 3.8) is 0 Å². The molecule has 0 heterocycles. The number of carbonyl (C=O) groups is 1. The first-order valence-electron chi connectivity index (χ1n) is 6.41. The van der Waals surface area contributed by atoms with Gasteiger partial charge in [-0.15, -0.1) is 0 Å². The molecule has 2 aromatic carbocycles. The van der Waals surface area contributed by atoms with E-state index >= 15 is 0 Å². The van der Waals surface area contributed by atoms with Crippen molar-refractivity contribution in [3.8, 4) is 11.5 Å². The highest BCUT2D eigenvalue weighted by atomic mass is 79.9. The van der Waals surface area contributed by atoms with E-state index in [0.29, 0.717) is 10.2 Å². The quantitative estimate of drug-likeness (QED) is 0.670. The third-order valence-electron chi connectivity index (χ3n) is 2.98. The highest BCUT2D eigenvalue weighted by Gasteiger charge is 2.11. The number of rotatable bonds is 4. The van der Waals surface area contributed by atoms with Gasteiger partial charge < -0.3 is 9.84 Å². The Morgan fingerprint density at radius 1 is 1.23 bits per heavy atom. The first-order chi connectivity index (χ1) is 10.5. The standard InChI is InChI=1S/C17H13BrO4/c1-22-16-5-3-2-4-11(16)6-8-14(19)13-10-12(18)7-9-15(20)17(13)21/h2-10H,1H3,(H,20,21). The Kier molecular flexibility index (Phi) is 5.12. The summed E-state index contributed by atoms with van der Waals surface area (Å²) in [5.74, 6) is -0.419. The van der Waals surface area contributed by atoms with Crippen LogP contribution < -0.4 is 10.2 Å². The largest absolute Gasteiger partial charge is 0.504 e. The fourth-order valence-corrected chi connectivity index (χ4v) is 2.23. The van der Waals surface area contributed by atoms with Gasteiger partial charge in [0.05, 0.1) is 12.7 Å². The number of aromatic hydroxyl groups is 1. The summed E-state index contributed by atoms with van der Waals surface area (Å²) in [6.45, 7) is 0. The third kappa shape index (κ3) is 3.62. The molecule has 0 saturated heterocycles. The van der Waals surface area contributed by atoms with Crippen LogP contribution in [-0.2, 0) is 0 Å². The number of ether oxygens (including phenoxy) is 1. The summed E-state index contributed by atoms with van der Waals surface area (Å²) >= 11 is 3.20. The van der Waals surface area contributed by atoms with Crippen LogP contribution in [-0.4, -0.2) is 18.0 Å². The number of hydrogen-bond donors (Lipinski definition) is 1. The molecule has 0 saturated carbocycles. The zero-order valence-corrected chi connectivity index (χ0v) is 13.3. The molecule has 0 aliphatic heterocycles. The Hall–Kier alpha value is -2.40. The van der Waals surface area contributed by atoms with Crippen molar-refractivity contribution in [1.29, 1.82) is 0 Å². The molecule has 2 rings (SSSR count). The van der Waals surface area contributed by atoms with Gasteiger partial charge in [-0.3, -0.25) is 9.59 Å². The summed E-state index contributed by atoms with van der Waals surface area (Å²) in [4.78, 5) is 23.8. The maximum absolute atomic E-state index is 12.2. The molecular weight excluding hydrogens is 348 g/mol. The summed E-state index contributed by atoms with van der Waals surface area (Å²) in [6.07, 6.45) is 2.87. The topological polar surface area (TPSA) is 63.6 Å². The van der Waals surface area contributed by atoms with Crippen molar-refractivity contribution in [2.24, 2.45) is 0 Å². The molecule has 0 fully saturated rings. The van der Waals surface area contributed by atoms with E-state index < -0.39 is 17.0 Å².